The van der Waals surface area contributed by atoms with Crippen molar-refractivity contribution in [3.05, 3.63) is 34.3 Å². The molecule has 0 bridgehead atoms. The fourth-order valence-electron chi connectivity index (χ4n) is 2.88. The first-order valence-electron chi connectivity index (χ1n) is 7.01. The van der Waals surface area contributed by atoms with E-state index in [0.717, 1.165) is 10.0 Å². The van der Waals surface area contributed by atoms with Crippen LogP contribution in [0.5, 0.6) is 0 Å². The molecule has 5 heteroatoms. The van der Waals surface area contributed by atoms with Crippen LogP contribution in [0.25, 0.3) is 0 Å². The number of aliphatic hydroxyl groups is 1. The van der Waals surface area contributed by atoms with Gasteiger partial charge in [0.15, 0.2) is 0 Å². The molecule has 0 atom stereocenters. The number of rotatable bonds is 2. The van der Waals surface area contributed by atoms with Crippen LogP contribution in [0.4, 0.5) is 4.79 Å². The number of nitrogens with one attached hydrogen (secondary N) is 1. The Labute approximate surface area is 134 Å². The predicted octanol–water partition coefficient (Wildman–Crippen LogP) is 3.71. The number of hydrogen-bond acceptors (Lipinski definition) is 3. The van der Waals surface area contributed by atoms with Crippen molar-refractivity contribution in [2.75, 3.05) is 0 Å². The van der Waals surface area contributed by atoms with Gasteiger partial charge in [-0.15, -0.1) is 0 Å². The summed E-state index contributed by atoms with van der Waals surface area (Å²) in [7, 11) is 0. The Morgan fingerprint density at radius 2 is 1.81 bits per heavy atom. The van der Waals surface area contributed by atoms with Crippen LogP contribution in [0.2, 0.25) is 0 Å². The van der Waals surface area contributed by atoms with E-state index >= 15 is 0 Å². The summed E-state index contributed by atoms with van der Waals surface area (Å²) in [6.45, 7) is 7.27. The molecule has 1 aliphatic rings. The molecule has 0 aliphatic heterocycles. The lowest BCUT2D eigenvalue weighted by atomic mass is 9.62. The summed E-state index contributed by atoms with van der Waals surface area (Å²) in [5.41, 5.74) is -0.894. The quantitative estimate of drug-likeness (QED) is 0.849. The summed E-state index contributed by atoms with van der Waals surface area (Å²) in [6, 6.07) is 7.77. The van der Waals surface area contributed by atoms with Crippen LogP contribution in [-0.4, -0.2) is 22.4 Å². The van der Waals surface area contributed by atoms with Crippen LogP contribution in [-0.2, 0) is 10.3 Å². The Morgan fingerprint density at radius 3 is 2.24 bits per heavy atom. The van der Waals surface area contributed by atoms with E-state index in [0.29, 0.717) is 12.8 Å². The van der Waals surface area contributed by atoms with Crippen LogP contribution >= 0.6 is 15.9 Å². The van der Waals surface area contributed by atoms with Gasteiger partial charge < -0.3 is 15.2 Å². The normalized spacial score (nSPS) is 28.7. The number of alkyl carbamates (subject to hydrolysis) is 1. The minimum absolute atomic E-state index is 0.457. The van der Waals surface area contributed by atoms with Crippen molar-refractivity contribution in [1.29, 1.82) is 0 Å². The Bertz CT molecular complexity index is 523. The molecular weight excluding hydrogens is 334 g/mol. The van der Waals surface area contributed by atoms with E-state index in [4.69, 9.17) is 4.74 Å². The maximum atomic E-state index is 12.1. The van der Waals surface area contributed by atoms with Crippen molar-refractivity contribution in [2.45, 2.75) is 57.3 Å². The summed E-state index contributed by atoms with van der Waals surface area (Å²) in [4.78, 5) is 12.1. The van der Waals surface area contributed by atoms with E-state index in [2.05, 4.69) is 21.2 Å². The van der Waals surface area contributed by atoms with Crippen LogP contribution in [0, 0.1) is 0 Å². The fraction of sp³-hybridized carbons (Fsp3) is 0.562. The SMILES string of the molecule is CC1(O)CC(NC(=O)OC(C)(C)C)(c2ccc(Br)cc2)C1. The van der Waals surface area contributed by atoms with Crippen molar-refractivity contribution in [3.8, 4) is 0 Å². The van der Waals surface area contributed by atoms with Gasteiger partial charge in [0.25, 0.3) is 0 Å². The predicted molar refractivity (Wildman–Crippen MR) is 85.0 cm³/mol. The molecule has 0 spiro atoms. The van der Waals surface area contributed by atoms with E-state index in [1.54, 1.807) is 6.92 Å². The van der Waals surface area contributed by atoms with Gasteiger partial charge in [-0.05, 0) is 45.4 Å². The first kappa shape index (κ1) is 16.3. The highest BCUT2D eigenvalue weighted by Crippen LogP contribution is 2.48. The molecule has 116 valence electrons. The van der Waals surface area contributed by atoms with E-state index in [1.807, 2.05) is 45.0 Å². The first-order valence-corrected chi connectivity index (χ1v) is 7.80. The molecule has 1 aromatic carbocycles. The summed E-state index contributed by atoms with van der Waals surface area (Å²) in [5, 5.41) is 13.1. The van der Waals surface area contributed by atoms with Crippen LogP contribution in [0.1, 0.15) is 46.1 Å². The molecule has 4 nitrogen and oxygen atoms in total. The second kappa shape index (κ2) is 5.29. The average Bonchev–Trinajstić information content (AvgIpc) is 2.23. The number of hydrogen-bond donors (Lipinski definition) is 2. The molecule has 1 amide bonds. The Balaban J connectivity index is 2.19. The maximum Gasteiger partial charge on any atom is 0.408 e. The van der Waals surface area contributed by atoms with Gasteiger partial charge in [0.1, 0.15) is 5.60 Å². The molecule has 0 heterocycles. The first-order chi connectivity index (χ1) is 9.51. The van der Waals surface area contributed by atoms with Gasteiger partial charge in [-0.25, -0.2) is 4.79 Å². The van der Waals surface area contributed by atoms with Crippen molar-refractivity contribution in [2.24, 2.45) is 0 Å². The minimum atomic E-state index is -0.762. The Kier molecular flexibility index (Phi) is 4.10. The monoisotopic (exact) mass is 355 g/mol. The second-order valence-electron chi connectivity index (χ2n) is 7.07. The van der Waals surface area contributed by atoms with Crippen molar-refractivity contribution in [3.63, 3.8) is 0 Å². The third kappa shape index (κ3) is 3.98. The molecule has 1 aromatic rings. The van der Waals surface area contributed by atoms with Gasteiger partial charge in [0.2, 0.25) is 0 Å². The van der Waals surface area contributed by atoms with E-state index in [9.17, 15) is 9.90 Å². The summed E-state index contributed by atoms with van der Waals surface area (Å²) < 4.78 is 6.32. The zero-order chi connectivity index (χ0) is 15.9. The average molecular weight is 356 g/mol. The van der Waals surface area contributed by atoms with Crippen molar-refractivity contribution >= 4 is 22.0 Å². The summed E-state index contributed by atoms with van der Waals surface area (Å²) in [5.74, 6) is 0. The number of carbonyl (C=O) groups is 1. The summed E-state index contributed by atoms with van der Waals surface area (Å²) >= 11 is 3.40. The largest absolute Gasteiger partial charge is 0.444 e. The van der Waals surface area contributed by atoms with E-state index < -0.39 is 22.8 Å². The van der Waals surface area contributed by atoms with Crippen LogP contribution in [0.15, 0.2) is 28.7 Å². The maximum absolute atomic E-state index is 12.1. The third-order valence-electron chi connectivity index (χ3n) is 3.50. The highest BCUT2D eigenvalue weighted by Gasteiger charge is 2.53. The molecular formula is C16H22BrNO3. The van der Waals surface area contributed by atoms with Gasteiger partial charge in [-0.1, -0.05) is 28.1 Å². The molecule has 1 fully saturated rings. The number of carbonyl (C=O) groups excluding carboxylic acids is 1. The minimum Gasteiger partial charge on any atom is -0.444 e. The third-order valence-corrected chi connectivity index (χ3v) is 4.03. The molecule has 2 N–H and O–H groups in total. The molecule has 0 aromatic heterocycles. The number of amides is 1. The number of halogens is 1. The summed E-state index contributed by atoms with van der Waals surface area (Å²) in [6.07, 6.45) is 0.489. The highest BCUT2D eigenvalue weighted by atomic mass is 79.9. The van der Waals surface area contributed by atoms with Crippen LogP contribution in [0.3, 0.4) is 0 Å². The molecule has 0 radical (unpaired) electrons. The lowest BCUT2D eigenvalue weighted by Gasteiger charge is -2.52. The van der Waals surface area contributed by atoms with Crippen molar-refractivity contribution in [1.82, 2.24) is 5.32 Å². The smallest absolute Gasteiger partial charge is 0.408 e. The molecule has 1 aliphatic carbocycles. The van der Waals surface area contributed by atoms with Crippen LogP contribution < -0.4 is 5.32 Å². The zero-order valence-electron chi connectivity index (χ0n) is 12.9. The Hall–Kier alpha value is -1.07. The topological polar surface area (TPSA) is 58.6 Å². The van der Waals surface area contributed by atoms with Crippen molar-refractivity contribution < 1.29 is 14.6 Å². The zero-order valence-corrected chi connectivity index (χ0v) is 14.5. The fourth-order valence-corrected chi connectivity index (χ4v) is 3.15. The molecule has 2 rings (SSSR count). The Morgan fingerprint density at radius 1 is 1.29 bits per heavy atom. The van der Waals surface area contributed by atoms with Gasteiger partial charge in [-0.3, -0.25) is 0 Å². The second-order valence-corrected chi connectivity index (χ2v) is 7.98. The van der Waals surface area contributed by atoms with E-state index in [-0.39, 0.29) is 0 Å². The molecule has 21 heavy (non-hydrogen) atoms. The highest BCUT2D eigenvalue weighted by molar-refractivity contribution is 9.10. The van der Waals surface area contributed by atoms with Gasteiger partial charge in [0.05, 0.1) is 11.1 Å². The van der Waals surface area contributed by atoms with E-state index in [1.165, 1.54) is 0 Å². The van der Waals surface area contributed by atoms with Gasteiger partial charge in [-0.2, -0.15) is 0 Å². The number of benzene rings is 1. The lowest BCUT2D eigenvalue weighted by Crippen LogP contribution is -2.62. The van der Waals surface area contributed by atoms with Gasteiger partial charge >= 0.3 is 6.09 Å². The van der Waals surface area contributed by atoms with Gasteiger partial charge in [0, 0.05) is 17.3 Å². The standard InChI is InChI=1S/C16H22BrNO3/c1-14(2,3)21-13(19)18-16(9-15(4,20)10-16)11-5-7-12(17)8-6-11/h5-8,20H,9-10H2,1-4H3,(H,18,19). The molecule has 1 saturated carbocycles. The lowest BCUT2D eigenvalue weighted by molar-refractivity contribution is -0.0892. The molecule has 0 unspecified atom stereocenters. The molecule has 0 saturated heterocycles. The number of ether oxygens (including phenoxy) is 1.